The number of nitrogens with one attached hydrogen (secondary N) is 1. The van der Waals surface area contributed by atoms with Gasteiger partial charge < -0.3 is 10.1 Å². The molecule has 3 nitrogen and oxygen atoms in total. The van der Waals surface area contributed by atoms with E-state index in [2.05, 4.69) is 17.0 Å². The third-order valence-electron chi connectivity index (χ3n) is 1.36. The lowest BCUT2D eigenvalue weighted by atomic mass is 10.3. The fourth-order valence-corrected chi connectivity index (χ4v) is 0.785. The summed E-state index contributed by atoms with van der Waals surface area (Å²) in [5, 5.41) is 3.27. The smallest absolute Gasteiger partial charge is 0.293 e. The van der Waals surface area contributed by atoms with Crippen molar-refractivity contribution in [3.63, 3.8) is 0 Å². The van der Waals surface area contributed by atoms with E-state index in [1.54, 1.807) is 0 Å². The van der Waals surface area contributed by atoms with Crippen molar-refractivity contribution in [2.75, 3.05) is 19.7 Å². The highest BCUT2D eigenvalue weighted by atomic mass is 16.5. The molecule has 0 saturated carbocycles. The maximum absolute atomic E-state index is 9.70. The van der Waals surface area contributed by atoms with E-state index >= 15 is 0 Å². The molecule has 3 heteroatoms. The molecule has 0 spiro atoms. The first kappa shape index (κ1) is 10.4. The fourth-order valence-electron chi connectivity index (χ4n) is 0.785. The molecule has 0 aromatic rings. The molecular weight excluding hydrogens is 142 g/mol. The van der Waals surface area contributed by atoms with Crippen LogP contribution >= 0.6 is 0 Å². The topological polar surface area (TPSA) is 38.3 Å². The van der Waals surface area contributed by atoms with E-state index in [1.165, 1.54) is 6.42 Å². The third-order valence-corrected chi connectivity index (χ3v) is 1.36. The second-order valence-corrected chi connectivity index (χ2v) is 2.42. The van der Waals surface area contributed by atoms with Crippen LogP contribution < -0.4 is 5.32 Å². The van der Waals surface area contributed by atoms with E-state index in [9.17, 15) is 4.79 Å². The van der Waals surface area contributed by atoms with Crippen LogP contribution in [0.15, 0.2) is 0 Å². The summed E-state index contributed by atoms with van der Waals surface area (Å²) in [5.41, 5.74) is 0. The number of rotatable bonds is 8. The quantitative estimate of drug-likeness (QED) is 0.423. The monoisotopic (exact) mass is 159 g/mol. The van der Waals surface area contributed by atoms with Crippen molar-refractivity contribution in [1.29, 1.82) is 0 Å². The summed E-state index contributed by atoms with van der Waals surface area (Å²) in [6.45, 7) is 5.30. The van der Waals surface area contributed by atoms with Crippen molar-refractivity contribution in [3.05, 3.63) is 0 Å². The molecule has 0 aromatic heterocycles. The highest BCUT2D eigenvalue weighted by molar-refractivity contribution is 5.36. The first-order valence-corrected chi connectivity index (χ1v) is 4.17. The normalized spacial score (nSPS) is 9.55. The molecule has 11 heavy (non-hydrogen) atoms. The summed E-state index contributed by atoms with van der Waals surface area (Å²) in [7, 11) is 0. The second-order valence-electron chi connectivity index (χ2n) is 2.42. The van der Waals surface area contributed by atoms with Crippen LogP contribution in [-0.4, -0.2) is 26.2 Å². The second kappa shape index (κ2) is 9.43. The van der Waals surface area contributed by atoms with E-state index in [-0.39, 0.29) is 0 Å². The molecule has 0 fully saturated rings. The highest BCUT2D eigenvalue weighted by Crippen LogP contribution is 1.86. The Morgan fingerprint density at radius 2 is 2.18 bits per heavy atom. The van der Waals surface area contributed by atoms with Gasteiger partial charge in [-0.3, -0.25) is 4.79 Å². The van der Waals surface area contributed by atoms with Gasteiger partial charge in [0.25, 0.3) is 6.47 Å². The Kier molecular flexibility index (Phi) is 8.94. The molecule has 0 aliphatic rings. The predicted molar refractivity (Wildman–Crippen MR) is 44.4 cm³/mol. The molecular formula is C8H17NO2. The van der Waals surface area contributed by atoms with Crippen LogP contribution in [-0.2, 0) is 9.53 Å². The van der Waals surface area contributed by atoms with Crippen molar-refractivity contribution < 1.29 is 9.53 Å². The first-order chi connectivity index (χ1) is 5.41. The molecule has 0 amide bonds. The summed E-state index contributed by atoms with van der Waals surface area (Å²) in [5.74, 6) is 0. The van der Waals surface area contributed by atoms with Crippen LogP contribution in [0.2, 0.25) is 0 Å². The van der Waals surface area contributed by atoms with Crippen LogP contribution in [0.25, 0.3) is 0 Å². The maximum Gasteiger partial charge on any atom is 0.293 e. The lowest BCUT2D eigenvalue weighted by Crippen LogP contribution is -2.16. The van der Waals surface area contributed by atoms with Gasteiger partial charge in [0, 0.05) is 0 Å². The summed E-state index contributed by atoms with van der Waals surface area (Å²) < 4.78 is 4.53. The van der Waals surface area contributed by atoms with E-state index in [1.807, 2.05) is 0 Å². The lowest BCUT2D eigenvalue weighted by molar-refractivity contribution is -0.128. The SMILES string of the molecule is CCCNCCCCOC=O. The molecule has 0 unspecified atom stereocenters. The van der Waals surface area contributed by atoms with Gasteiger partial charge in [-0.2, -0.15) is 0 Å². The average Bonchev–Trinajstić information content (AvgIpc) is 2.03. The van der Waals surface area contributed by atoms with Crippen LogP contribution in [0.4, 0.5) is 0 Å². The highest BCUT2D eigenvalue weighted by Gasteiger charge is 1.87. The minimum atomic E-state index is 0.499. The molecule has 1 N–H and O–H groups in total. The summed E-state index contributed by atoms with van der Waals surface area (Å²) in [4.78, 5) is 9.70. The molecule has 0 aliphatic carbocycles. The van der Waals surface area contributed by atoms with Crippen molar-refractivity contribution in [1.82, 2.24) is 5.32 Å². The van der Waals surface area contributed by atoms with Crippen molar-refractivity contribution in [3.8, 4) is 0 Å². The third kappa shape index (κ3) is 9.43. The largest absolute Gasteiger partial charge is 0.468 e. The number of carbonyl (C=O) groups excluding carboxylic acids is 1. The van der Waals surface area contributed by atoms with Crippen LogP contribution in [0.5, 0.6) is 0 Å². The van der Waals surface area contributed by atoms with Gasteiger partial charge in [0.05, 0.1) is 6.61 Å². The molecule has 0 aliphatic heterocycles. The number of hydrogen-bond donors (Lipinski definition) is 1. The fraction of sp³-hybridized carbons (Fsp3) is 0.875. The molecule has 66 valence electrons. The number of carbonyl (C=O) groups is 1. The lowest BCUT2D eigenvalue weighted by Gasteiger charge is -2.01. The van der Waals surface area contributed by atoms with Gasteiger partial charge in [0.15, 0.2) is 0 Å². The molecule has 0 bridgehead atoms. The minimum absolute atomic E-state index is 0.499. The van der Waals surface area contributed by atoms with Crippen LogP contribution in [0.3, 0.4) is 0 Å². The molecule has 0 radical (unpaired) electrons. The Bertz CT molecular complexity index is 86.2. The van der Waals surface area contributed by atoms with Crippen LogP contribution in [0.1, 0.15) is 26.2 Å². The van der Waals surface area contributed by atoms with Gasteiger partial charge in [-0.25, -0.2) is 0 Å². The zero-order valence-corrected chi connectivity index (χ0v) is 7.14. The number of ether oxygens (including phenoxy) is 1. The Balaban J connectivity index is 2.74. The molecule has 0 rings (SSSR count). The van der Waals surface area contributed by atoms with Gasteiger partial charge in [-0.1, -0.05) is 6.92 Å². The van der Waals surface area contributed by atoms with Crippen molar-refractivity contribution in [2.24, 2.45) is 0 Å². The Morgan fingerprint density at radius 3 is 2.82 bits per heavy atom. The van der Waals surface area contributed by atoms with Gasteiger partial charge in [-0.05, 0) is 32.4 Å². The van der Waals surface area contributed by atoms with Gasteiger partial charge >= 0.3 is 0 Å². The molecule has 0 saturated heterocycles. The standard InChI is InChI=1S/C8H17NO2/c1-2-5-9-6-3-4-7-11-8-10/h8-9H,2-7H2,1H3. The summed E-state index contributed by atoms with van der Waals surface area (Å²) >= 11 is 0. The van der Waals surface area contributed by atoms with Crippen molar-refractivity contribution >= 4 is 6.47 Å². The predicted octanol–water partition coefficient (Wildman–Crippen LogP) is 0.939. The van der Waals surface area contributed by atoms with E-state index < -0.39 is 0 Å². The van der Waals surface area contributed by atoms with Gasteiger partial charge in [0.2, 0.25) is 0 Å². The Labute approximate surface area is 68.1 Å². The average molecular weight is 159 g/mol. The van der Waals surface area contributed by atoms with E-state index in [0.717, 1.165) is 25.9 Å². The zero-order chi connectivity index (χ0) is 8.36. The Morgan fingerprint density at radius 1 is 1.36 bits per heavy atom. The van der Waals surface area contributed by atoms with E-state index in [0.29, 0.717) is 13.1 Å². The minimum Gasteiger partial charge on any atom is -0.468 e. The first-order valence-electron chi connectivity index (χ1n) is 4.17. The molecule has 0 atom stereocenters. The van der Waals surface area contributed by atoms with Crippen molar-refractivity contribution in [2.45, 2.75) is 26.2 Å². The zero-order valence-electron chi connectivity index (χ0n) is 7.14. The molecule has 0 aromatic carbocycles. The Hall–Kier alpha value is -0.570. The van der Waals surface area contributed by atoms with Gasteiger partial charge in [-0.15, -0.1) is 0 Å². The maximum atomic E-state index is 9.70. The summed E-state index contributed by atoms with van der Waals surface area (Å²) in [6.07, 6.45) is 3.20. The number of hydrogen-bond acceptors (Lipinski definition) is 3. The summed E-state index contributed by atoms with van der Waals surface area (Å²) in [6, 6.07) is 0. The molecule has 0 heterocycles. The van der Waals surface area contributed by atoms with Crippen LogP contribution in [0, 0.1) is 0 Å². The van der Waals surface area contributed by atoms with Gasteiger partial charge in [0.1, 0.15) is 0 Å². The number of unbranched alkanes of at least 4 members (excludes halogenated alkanes) is 1. The van der Waals surface area contributed by atoms with E-state index in [4.69, 9.17) is 0 Å².